The van der Waals surface area contributed by atoms with Crippen molar-refractivity contribution < 1.29 is 17.4 Å². The molecule has 3 atom stereocenters. The maximum absolute atomic E-state index is 12.2. The van der Waals surface area contributed by atoms with Crippen molar-refractivity contribution in [1.29, 1.82) is 0 Å². The van der Waals surface area contributed by atoms with Gasteiger partial charge in [0.1, 0.15) is 0 Å². The second-order valence-corrected chi connectivity index (χ2v) is 7.43. The first-order valence-corrected chi connectivity index (χ1v) is 9.22. The molecule has 8 heteroatoms. The summed E-state index contributed by atoms with van der Waals surface area (Å²) in [7, 11) is -0.819. The van der Waals surface area contributed by atoms with Crippen LogP contribution in [0.5, 0.6) is 0 Å². The first-order valence-electron chi connectivity index (χ1n) is 7.84. The van der Waals surface area contributed by atoms with Crippen LogP contribution >= 0.6 is 0 Å². The van der Waals surface area contributed by atoms with Gasteiger partial charge in [0.25, 0.3) is 0 Å². The summed E-state index contributed by atoms with van der Waals surface area (Å²) in [6.45, 7) is 4.09. The third-order valence-corrected chi connectivity index (χ3v) is 5.37. The second kappa shape index (κ2) is 9.37. The summed E-state index contributed by atoms with van der Waals surface area (Å²) < 4.78 is 48.5. The van der Waals surface area contributed by atoms with Crippen LogP contribution in [-0.2, 0) is 10.8 Å². The molecular formula is C14H26F3N3OS. The van der Waals surface area contributed by atoms with Gasteiger partial charge >= 0.3 is 6.18 Å². The summed E-state index contributed by atoms with van der Waals surface area (Å²) in [5.41, 5.74) is 0. The molecule has 0 spiro atoms. The number of guanidine groups is 1. The zero-order chi connectivity index (χ0) is 16.6. The van der Waals surface area contributed by atoms with E-state index in [-0.39, 0.29) is 17.8 Å². The maximum atomic E-state index is 12.2. The molecule has 22 heavy (non-hydrogen) atoms. The fraction of sp³-hybridized carbons (Fsp3) is 0.929. The molecule has 1 aliphatic rings. The predicted octanol–water partition coefficient (Wildman–Crippen LogP) is 2.57. The summed E-state index contributed by atoms with van der Waals surface area (Å²) in [4.78, 5) is 3.98. The Morgan fingerprint density at radius 3 is 2.64 bits per heavy atom. The van der Waals surface area contributed by atoms with E-state index < -0.39 is 23.4 Å². The summed E-state index contributed by atoms with van der Waals surface area (Å²) in [5.74, 6) is 1.07. The summed E-state index contributed by atoms with van der Waals surface area (Å²) >= 11 is 0. The van der Waals surface area contributed by atoms with Gasteiger partial charge < -0.3 is 10.6 Å². The Balaban J connectivity index is 2.54. The van der Waals surface area contributed by atoms with Crippen LogP contribution in [0.25, 0.3) is 0 Å². The number of rotatable bonds is 6. The summed E-state index contributed by atoms with van der Waals surface area (Å²) in [5, 5.41) is 6.33. The maximum Gasteiger partial charge on any atom is 0.390 e. The molecule has 130 valence electrons. The van der Waals surface area contributed by atoms with Crippen molar-refractivity contribution in [2.45, 2.75) is 63.4 Å². The molecule has 0 aromatic rings. The molecule has 4 nitrogen and oxygen atoms in total. The van der Waals surface area contributed by atoms with E-state index in [1.165, 1.54) is 0 Å². The molecule has 1 saturated carbocycles. The van der Waals surface area contributed by atoms with Crippen LogP contribution in [0.15, 0.2) is 4.99 Å². The lowest BCUT2D eigenvalue weighted by Crippen LogP contribution is -2.46. The van der Waals surface area contributed by atoms with Gasteiger partial charge in [-0.3, -0.25) is 9.20 Å². The zero-order valence-corrected chi connectivity index (χ0v) is 14.0. The summed E-state index contributed by atoms with van der Waals surface area (Å²) in [6.07, 6.45) is -1.45. The molecule has 3 unspecified atom stereocenters. The van der Waals surface area contributed by atoms with E-state index in [1.54, 1.807) is 0 Å². The van der Waals surface area contributed by atoms with Crippen molar-refractivity contribution in [3.63, 3.8) is 0 Å². The quantitative estimate of drug-likeness (QED) is 0.577. The molecule has 1 rings (SSSR count). The van der Waals surface area contributed by atoms with Gasteiger partial charge in [0.15, 0.2) is 5.96 Å². The predicted molar refractivity (Wildman–Crippen MR) is 84.5 cm³/mol. The van der Waals surface area contributed by atoms with E-state index in [9.17, 15) is 17.4 Å². The molecule has 0 aromatic heterocycles. The highest BCUT2D eigenvalue weighted by molar-refractivity contribution is 7.85. The Labute approximate surface area is 132 Å². The van der Waals surface area contributed by atoms with E-state index >= 15 is 0 Å². The lowest BCUT2D eigenvalue weighted by molar-refractivity contribution is -0.132. The monoisotopic (exact) mass is 341 g/mol. The molecule has 0 amide bonds. The number of halogens is 3. The Morgan fingerprint density at radius 1 is 1.32 bits per heavy atom. The van der Waals surface area contributed by atoms with Gasteiger partial charge in [-0.25, -0.2) is 0 Å². The standard InChI is InChI=1S/C14H26F3N3OS/c1-3-18-13(19-9-8-14(15,16)17)20-11-6-5-7-12(10-11)22(21)4-2/h11-12H,3-10H2,1-2H3,(H2,18,19,20). The van der Waals surface area contributed by atoms with Gasteiger partial charge in [0, 0.05) is 34.4 Å². The molecule has 0 heterocycles. The lowest BCUT2D eigenvalue weighted by atomic mass is 9.95. The Morgan fingerprint density at radius 2 is 2.05 bits per heavy atom. The molecule has 0 aromatic carbocycles. The molecule has 1 fully saturated rings. The van der Waals surface area contributed by atoms with Crippen molar-refractivity contribution >= 4 is 16.8 Å². The highest BCUT2D eigenvalue weighted by atomic mass is 32.2. The third kappa shape index (κ3) is 7.47. The Kier molecular flexibility index (Phi) is 8.20. The van der Waals surface area contributed by atoms with Gasteiger partial charge in [0.2, 0.25) is 0 Å². The van der Waals surface area contributed by atoms with Crippen molar-refractivity contribution in [2.24, 2.45) is 4.99 Å². The fourth-order valence-electron chi connectivity index (χ4n) is 2.56. The Bertz CT molecular complexity index is 388. The number of nitrogens with one attached hydrogen (secondary N) is 2. The van der Waals surface area contributed by atoms with Crippen LogP contribution in [0.4, 0.5) is 13.2 Å². The van der Waals surface area contributed by atoms with Crippen molar-refractivity contribution in [3.05, 3.63) is 0 Å². The minimum atomic E-state index is -4.19. The van der Waals surface area contributed by atoms with Crippen LogP contribution in [0.3, 0.4) is 0 Å². The minimum absolute atomic E-state index is 0.123. The minimum Gasteiger partial charge on any atom is -0.357 e. The van der Waals surface area contributed by atoms with Crippen LogP contribution < -0.4 is 10.6 Å². The average Bonchev–Trinajstić information content (AvgIpc) is 2.45. The second-order valence-electron chi connectivity index (χ2n) is 5.43. The van der Waals surface area contributed by atoms with E-state index in [4.69, 9.17) is 0 Å². The average molecular weight is 341 g/mol. The molecule has 2 N–H and O–H groups in total. The van der Waals surface area contributed by atoms with Crippen molar-refractivity contribution in [2.75, 3.05) is 18.8 Å². The van der Waals surface area contributed by atoms with Crippen molar-refractivity contribution in [3.8, 4) is 0 Å². The number of alkyl halides is 3. The van der Waals surface area contributed by atoms with Gasteiger partial charge in [-0.1, -0.05) is 13.3 Å². The first kappa shape index (κ1) is 19.3. The smallest absolute Gasteiger partial charge is 0.357 e. The number of hydrogen-bond acceptors (Lipinski definition) is 2. The van der Waals surface area contributed by atoms with E-state index in [0.717, 1.165) is 25.7 Å². The van der Waals surface area contributed by atoms with Crippen LogP contribution in [-0.4, -0.2) is 46.5 Å². The molecule has 0 saturated heterocycles. The number of aliphatic imine (C=N–C) groups is 1. The largest absolute Gasteiger partial charge is 0.390 e. The molecule has 0 bridgehead atoms. The number of nitrogens with zero attached hydrogens (tertiary/aromatic N) is 1. The van der Waals surface area contributed by atoms with Gasteiger partial charge in [-0.15, -0.1) is 0 Å². The zero-order valence-electron chi connectivity index (χ0n) is 13.2. The highest BCUT2D eigenvalue weighted by Gasteiger charge is 2.27. The van der Waals surface area contributed by atoms with Crippen LogP contribution in [0.1, 0.15) is 46.0 Å². The lowest BCUT2D eigenvalue weighted by Gasteiger charge is -2.30. The molecule has 1 aliphatic carbocycles. The first-order chi connectivity index (χ1) is 10.4. The van der Waals surface area contributed by atoms with Crippen molar-refractivity contribution in [1.82, 2.24) is 10.6 Å². The summed E-state index contributed by atoms with van der Waals surface area (Å²) in [6, 6.07) is 0.123. The van der Waals surface area contributed by atoms with Gasteiger partial charge in [0.05, 0.1) is 13.0 Å². The normalized spacial score (nSPS) is 24.9. The van der Waals surface area contributed by atoms with Crippen LogP contribution in [0.2, 0.25) is 0 Å². The Hall–Kier alpha value is -0.790. The molecule has 0 radical (unpaired) electrons. The topological polar surface area (TPSA) is 53.5 Å². The molecular weight excluding hydrogens is 315 g/mol. The van der Waals surface area contributed by atoms with Gasteiger partial charge in [-0.05, 0) is 26.2 Å². The van der Waals surface area contributed by atoms with E-state index in [1.807, 2.05) is 13.8 Å². The van der Waals surface area contributed by atoms with Crippen LogP contribution in [0, 0.1) is 0 Å². The van der Waals surface area contributed by atoms with E-state index in [0.29, 0.717) is 18.3 Å². The molecule has 0 aliphatic heterocycles. The van der Waals surface area contributed by atoms with E-state index in [2.05, 4.69) is 15.6 Å². The highest BCUT2D eigenvalue weighted by Crippen LogP contribution is 2.23. The number of hydrogen-bond donors (Lipinski definition) is 2. The third-order valence-electron chi connectivity index (χ3n) is 3.63. The SMILES string of the molecule is CCNC(=NCCC(F)(F)F)NC1CCCC(S(=O)CC)C1. The van der Waals surface area contributed by atoms with Gasteiger partial charge in [-0.2, -0.15) is 13.2 Å². The fourth-order valence-corrected chi connectivity index (χ4v) is 3.91.